The minimum absolute atomic E-state index is 0.224. The molecule has 0 aromatic heterocycles. The van der Waals surface area contributed by atoms with E-state index in [2.05, 4.69) is 12.2 Å². The summed E-state index contributed by atoms with van der Waals surface area (Å²) in [5.41, 5.74) is 0.425. The highest BCUT2D eigenvalue weighted by molar-refractivity contribution is 5.67. The van der Waals surface area contributed by atoms with Crippen LogP contribution in [0.4, 0.5) is 4.79 Å². The Kier molecular flexibility index (Phi) is 3.72. The number of fused-ring (bicyclic) bond motifs is 2. The average Bonchev–Trinajstić information content (AvgIpc) is 2.87. The molecule has 2 aliphatic carbocycles. The smallest absolute Gasteiger partial charge is 0.407 e. The van der Waals surface area contributed by atoms with E-state index in [1.807, 2.05) is 0 Å². The van der Waals surface area contributed by atoms with Gasteiger partial charge in [-0.15, -0.1) is 0 Å². The third-order valence-electron chi connectivity index (χ3n) is 4.23. The number of amides is 1. The van der Waals surface area contributed by atoms with Crippen molar-refractivity contribution in [2.24, 2.45) is 11.3 Å². The molecule has 2 aliphatic rings. The van der Waals surface area contributed by atoms with Gasteiger partial charge in [0.2, 0.25) is 0 Å². The number of unbranched alkanes of at least 4 members (excludes halogenated alkanes) is 1. The molecule has 2 rings (SSSR count). The largest absolute Gasteiger partial charge is 0.450 e. The molecule has 0 aromatic rings. The van der Waals surface area contributed by atoms with Crippen molar-refractivity contribution < 1.29 is 9.53 Å². The fourth-order valence-electron chi connectivity index (χ4n) is 3.18. The Morgan fingerprint density at radius 3 is 2.75 bits per heavy atom. The summed E-state index contributed by atoms with van der Waals surface area (Å²) in [6.07, 6.45) is 8.46. The molecular formula is C13H23NO2. The lowest BCUT2D eigenvalue weighted by atomic mass is 9.84. The van der Waals surface area contributed by atoms with E-state index in [1.165, 1.54) is 32.1 Å². The van der Waals surface area contributed by atoms with Gasteiger partial charge in [0.1, 0.15) is 0 Å². The summed E-state index contributed by atoms with van der Waals surface area (Å²) in [5, 5.41) is 2.94. The maximum absolute atomic E-state index is 11.4. The molecule has 0 radical (unpaired) electrons. The highest BCUT2D eigenvalue weighted by atomic mass is 16.5. The normalized spacial score (nSPS) is 31.7. The van der Waals surface area contributed by atoms with Gasteiger partial charge >= 0.3 is 6.09 Å². The van der Waals surface area contributed by atoms with Crippen molar-refractivity contribution in [3.05, 3.63) is 0 Å². The van der Waals surface area contributed by atoms with Crippen LogP contribution in [0.1, 0.15) is 51.9 Å². The van der Waals surface area contributed by atoms with E-state index in [-0.39, 0.29) is 6.09 Å². The predicted molar refractivity (Wildman–Crippen MR) is 63.3 cm³/mol. The van der Waals surface area contributed by atoms with E-state index < -0.39 is 0 Å². The molecular weight excluding hydrogens is 202 g/mol. The first kappa shape index (κ1) is 11.7. The van der Waals surface area contributed by atoms with Crippen LogP contribution in [0.25, 0.3) is 0 Å². The van der Waals surface area contributed by atoms with E-state index in [1.54, 1.807) is 0 Å². The third-order valence-corrected chi connectivity index (χ3v) is 4.23. The number of rotatable bonds is 5. The van der Waals surface area contributed by atoms with Crippen molar-refractivity contribution in [1.29, 1.82) is 0 Å². The summed E-state index contributed by atoms with van der Waals surface area (Å²) in [5.74, 6) is 0.943. The quantitative estimate of drug-likeness (QED) is 0.730. The van der Waals surface area contributed by atoms with Crippen LogP contribution < -0.4 is 5.32 Å². The molecule has 92 valence electrons. The summed E-state index contributed by atoms with van der Waals surface area (Å²) in [6, 6.07) is 0. The zero-order valence-electron chi connectivity index (χ0n) is 10.3. The molecule has 0 unspecified atom stereocenters. The van der Waals surface area contributed by atoms with Gasteiger partial charge in [-0.2, -0.15) is 0 Å². The fourth-order valence-corrected chi connectivity index (χ4v) is 3.18. The molecule has 2 bridgehead atoms. The van der Waals surface area contributed by atoms with Crippen molar-refractivity contribution in [3.63, 3.8) is 0 Å². The standard InChI is InChI=1S/C13H23NO2/c1-2-3-8-16-12(15)14-10-13-6-4-11(9-13)5-7-13/h11H,2-10H2,1H3,(H,14,15). The topological polar surface area (TPSA) is 38.3 Å². The van der Waals surface area contributed by atoms with Gasteiger partial charge in [0, 0.05) is 6.54 Å². The van der Waals surface area contributed by atoms with Crippen LogP contribution in [0.2, 0.25) is 0 Å². The molecule has 3 nitrogen and oxygen atoms in total. The number of ether oxygens (including phenoxy) is 1. The Bertz CT molecular complexity index is 244. The van der Waals surface area contributed by atoms with E-state index in [0.29, 0.717) is 12.0 Å². The van der Waals surface area contributed by atoms with Crippen LogP contribution >= 0.6 is 0 Å². The molecule has 2 saturated carbocycles. The highest BCUT2D eigenvalue weighted by Crippen LogP contribution is 2.53. The van der Waals surface area contributed by atoms with Gasteiger partial charge in [-0.3, -0.25) is 0 Å². The van der Waals surface area contributed by atoms with Gasteiger partial charge in [-0.05, 0) is 49.9 Å². The summed E-state index contributed by atoms with van der Waals surface area (Å²) in [4.78, 5) is 11.4. The number of nitrogens with one attached hydrogen (secondary N) is 1. The van der Waals surface area contributed by atoms with E-state index >= 15 is 0 Å². The average molecular weight is 225 g/mol. The molecule has 2 fully saturated rings. The zero-order valence-corrected chi connectivity index (χ0v) is 10.3. The maximum atomic E-state index is 11.4. The molecule has 1 N–H and O–H groups in total. The highest BCUT2D eigenvalue weighted by Gasteiger charge is 2.44. The summed E-state index contributed by atoms with van der Waals surface area (Å²) in [7, 11) is 0. The van der Waals surface area contributed by atoms with Crippen LogP contribution in [0.15, 0.2) is 0 Å². The zero-order chi connectivity index (χ0) is 11.4. The first-order chi connectivity index (χ1) is 7.74. The fraction of sp³-hybridized carbons (Fsp3) is 0.923. The van der Waals surface area contributed by atoms with Crippen LogP contribution in [-0.2, 0) is 4.74 Å². The Morgan fingerprint density at radius 2 is 2.19 bits per heavy atom. The van der Waals surface area contributed by atoms with Gasteiger partial charge in [0.25, 0.3) is 0 Å². The van der Waals surface area contributed by atoms with Gasteiger partial charge < -0.3 is 10.1 Å². The minimum atomic E-state index is -0.224. The first-order valence-electron chi connectivity index (χ1n) is 6.65. The van der Waals surface area contributed by atoms with Crippen molar-refractivity contribution in [3.8, 4) is 0 Å². The Balaban J connectivity index is 1.65. The lowest BCUT2D eigenvalue weighted by Crippen LogP contribution is -2.35. The van der Waals surface area contributed by atoms with Gasteiger partial charge in [0.05, 0.1) is 6.61 Å². The van der Waals surface area contributed by atoms with Crippen LogP contribution in [0.3, 0.4) is 0 Å². The molecule has 0 spiro atoms. The van der Waals surface area contributed by atoms with E-state index in [4.69, 9.17) is 4.74 Å². The van der Waals surface area contributed by atoms with E-state index in [0.717, 1.165) is 25.3 Å². The minimum Gasteiger partial charge on any atom is -0.450 e. The molecule has 1 amide bonds. The number of hydrogen-bond donors (Lipinski definition) is 1. The molecule has 3 heteroatoms. The molecule has 0 heterocycles. The second-order valence-electron chi connectivity index (χ2n) is 5.49. The van der Waals surface area contributed by atoms with Crippen molar-refractivity contribution >= 4 is 6.09 Å². The molecule has 16 heavy (non-hydrogen) atoms. The summed E-state index contributed by atoms with van der Waals surface area (Å²) >= 11 is 0. The Labute approximate surface area is 97.9 Å². The summed E-state index contributed by atoms with van der Waals surface area (Å²) < 4.78 is 5.10. The van der Waals surface area contributed by atoms with Gasteiger partial charge in [-0.25, -0.2) is 4.79 Å². The number of carbonyl (C=O) groups excluding carboxylic acids is 1. The Hall–Kier alpha value is -0.730. The maximum Gasteiger partial charge on any atom is 0.407 e. The van der Waals surface area contributed by atoms with Crippen LogP contribution in [0.5, 0.6) is 0 Å². The van der Waals surface area contributed by atoms with Gasteiger partial charge in [0.15, 0.2) is 0 Å². The first-order valence-corrected chi connectivity index (χ1v) is 6.65. The third kappa shape index (κ3) is 2.69. The lowest BCUT2D eigenvalue weighted by Gasteiger charge is -2.26. The SMILES string of the molecule is CCCCOC(=O)NCC12CCC(CC1)C2. The summed E-state index contributed by atoms with van der Waals surface area (Å²) in [6.45, 7) is 3.48. The molecule has 0 atom stereocenters. The second-order valence-corrected chi connectivity index (χ2v) is 5.49. The van der Waals surface area contributed by atoms with Crippen LogP contribution in [0, 0.1) is 11.3 Å². The molecule has 0 aromatic carbocycles. The molecule has 0 saturated heterocycles. The monoisotopic (exact) mass is 225 g/mol. The number of hydrogen-bond acceptors (Lipinski definition) is 2. The van der Waals surface area contributed by atoms with Crippen molar-refractivity contribution in [1.82, 2.24) is 5.32 Å². The number of alkyl carbamates (subject to hydrolysis) is 1. The van der Waals surface area contributed by atoms with E-state index in [9.17, 15) is 4.79 Å². The lowest BCUT2D eigenvalue weighted by molar-refractivity contribution is 0.138. The van der Waals surface area contributed by atoms with Gasteiger partial charge in [-0.1, -0.05) is 13.3 Å². The van der Waals surface area contributed by atoms with Crippen molar-refractivity contribution in [2.75, 3.05) is 13.2 Å². The second kappa shape index (κ2) is 5.07. The number of carbonyl (C=O) groups is 1. The Morgan fingerprint density at radius 1 is 1.44 bits per heavy atom. The molecule has 0 aliphatic heterocycles. The van der Waals surface area contributed by atoms with Crippen molar-refractivity contribution in [2.45, 2.75) is 51.9 Å². The van der Waals surface area contributed by atoms with Crippen LogP contribution in [-0.4, -0.2) is 19.2 Å². The predicted octanol–water partition coefficient (Wildman–Crippen LogP) is 3.09.